The molecule has 4 rings (SSSR count). The Hall–Kier alpha value is -2.13. The minimum Gasteiger partial charge on any atom is -0.365 e. The van der Waals surface area contributed by atoms with E-state index >= 15 is 0 Å². The third kappa shape index (κ3) is 3.02. The molecule has 1 aliphatic rings. The SMILES string of the molecule is Cc1ccc2c(c1)CCCN2Cc1csc(-c2ccccc2)n1. The molecule has 0 atom stereocenters. The van der Waals surface area contributed by atoms with Crippen molar-refractivity contribution in [2.75, 3.05) is 11.4 Å². The molecule has 1 aromatic heterocycles. The van der Waals surface area contributed by atoms with Crippen molar-refractivity contribution in [1.29, 1.82) is 0 Å². The van der Waals surface area contributed by atoms with Crippen molar-refractivity contribution in [1.82, 2.24) is 4.98 Å². The second kappa shape index (κ2) is 6.17. The van der Waals surface area contributed by atoms with Gasteiger partial charge in [0.05, 0.1) is 12.2 Å². The van der Waals surface area contributed by atoms with Crippen LogP contribution in [0.4, 0.5) is 5.69 Å². The number of anilines is 1. The van der Waals surface area contributed by atoms with Crippen LogP contribution in [0.15, 0.2) is 53.9 Å². The molecule has 3 heteroatoms. The van der Waals surface area contributed by atoms with Gasteiger partial charge in [-0.15, -0.1) is 11.3 Å². The summed E-state index contributed by atoms with van der Waals surface area (Å²) in [4.78, 5) is 7.32. The Balaban J connectivity index is 1.57. The van der Waals surface area contributed by atoms with Crippen LogP contribution in [0.2, 0.25) is 0 Å². The molecule has 0 spiro atoms. The zero-order valence-corrected chi connectivity index (χ0v) is 14.1. The maximum absolute atomic E-state index is 4.84. The lowest BCUT2D eigenvalue weighted by Crippen LogP contribution is -2.28. The molecule has 0 bridgehead atoms. The molecule has 2 aromatic carbocycles. The highest BCUT2D eigenvalue weighted by molar-refractivity contribution is 7.13. The van der Waals surface area contributed by atoms with E-state index in [9.17, 15) is 0 Å². The quantitative estimate of drug-likeness (QED) is 0.669. The Bertz CT molecular complexity index is 808. The average Bonchev–Trinajstić information content (AvgIpc) is 3.04. The molecule has 0 saturated carbocycles. The molecule has 0 aliphatic carbocycles. The van der Waals surface area contributed by atoms with Crippen LogP contribution in [0.3, 0.4) is 0 Å². The van der Waals surface area contributed by atoms with Crippen molar-refractivity contribution < 1.29 is 0 Å². The van der Waals surface area contributed by atoms with Gasteiger partial charge < -0.3 is 4.90 Å². The second-order valence-electron chi connectivity index (χ2n) is 6.17. The number of aryl methyl sites for hydroxylation is 2. The fourth-order valence-corrected chi connectivity index (χ4v) is 4.07. The first-order valence-corrected chi connectivity index (χ1v) is 9.02. The van der Waals surface area contributed by atoms with E-state index in [4.69, 9.17) is 4.98 Å². The van der Waals surface area contributed by atoms with Crippen LogP contribution in [0.5, 0.6) is 0 Å². The first kappa shape index (κ1) is 14.5. The summed E-state index contributed by atoms with van der Waals surface area (Å²) in [6.45, 7) is 4.19. The first-order valence-electron chi connectivity index (χ1n) is 8.14. The van der Waals surface area contributed by atoms with Gasteiger partial charge in [-0.2, -0.15) is 0 Å². The van der Waals surface area contributed by atoms with Crippen molar-refractivity contribution in [3.63, 3.8) is 0 Å². The minimum absolute atomic E-state index is 0.902. The monoisotopic (exact) mass is 320 g/mol. The van der Waals surface area contributed by atoms with Crippen molar-refractivity contribution >= 4 is 17.0 Å². The highest BCUT2D eigenvalue weighted by Gasteiger charge is 2.18. The van der Waals surface area contributed by atoms with Gasteiger partial charge in [0.25, 0.3) is 0 Å². The predicted octanol–water partition coefficient (Wildman–Crippen LogP) is 5.07. The van der Waals surface area contributed by atoms with E-state index in [-0.39, 0.29) is 0 Å². The number of aromatic nitrogens is 1. The Morgan fingerprint density at radius 2 is 2.00 bits per heavy atom. The number of benzene rings is 2. The van der Waals surface area contributed by atoms with Crippen LogP contribution >= 0.6 is 11.3 Å². The van der Waals surface area contributed by atoms with Crippen LogP contribution < -0.4 is 4.90 Å². The topological polar surface area (TPSA) is 16.1 Å². The molecule has 0 radical (unpaired) electrons. The lowest BCUT2D eigenvalue weighted by atomic mass is 9.99. The lowest BCUT2D eigenvalue weighted by molar-refractivity contribution is 0.685. The van der Waals surface area contributed by atoms with E-state index in [1.807, 2.05) is 6.07 Å². The summed E-state index contributed by atoms with van der Waals surface area (Å²) in [5.41, 5.74) is 6.59. The van der Waals surface area contributed by atoms with Crippen molar-refractivity contribution in [3.05, 3.63) is 70.7 Å². The fraction of sp³-hybridized carbons (Fsp3) is 0.250. The van der Waals surface area contributed by atoms with Crippen molar-refractivity contribution in [3.8, 4) is 10.6 Å². The first-order chi connectivity index (χ1) is 11.3. The van der Waals surface area contributed by atoms with E-state index in [2.05, 4.69) is 59.7 Å². The molecule has 0 N–H and O–H groups in total. The minimum atomic E-state index is 0.902. The van der Waals surface area contributed by atoms with Gasteiger partial charge in [0.1, 0.15) is 5.01 Å². The number of thiazole rings is 1. The fourth-order valence-electron chi connectivity index (χ4n) is 3.26. The molecular weight excluding hydrogens is 300 g/mol. The molecule has 3 aromatic rings. The molecule has 0 fully saturated rings. The van der Waals surface area contributed by atoms with E-state index in [1.54, 1.807) is 11.3 Å². The van der Waals surface area contributed by atoms with Crippen LogP contribution in [0.1, 0.15) is 23.2 Å². The largest absolute Gasteiger partial charge is 0.365 e. The van der Waals surface area contributed by atoms with E-state index in [1.165, 1.54) is 40.9 Å². The van der Waals surface area contributed by atoms with Gasteiger partial charge in [-0.1, -0.05) is 48.0 Å². The van der Waals surface area contributed by atoms with E-state index in [0.717, 1.165) is 18.1 Å². The summed E-state index contributed by atoms with van der Waals surface area (Å²) in [7, 11) is 0. The molecule has 0 unspecified atom stereocenters. The molecule has 0 amide bonds. The third-order valence-electron chi connectivity index (χ3n) is 4.38. The predicted molar refractivity (Wildman–Crippen MR) is 98.1 cm³/mol. The van der Waals surface area contributed by atoms with Gasteiger partial charge in [-0.25, -0.2) is 4.98 Å². The van der Waals surface area contributed by atoms with Crippen molar-refractivity contribution in [2.24, 2.45) is 0 Å². The lowest BCUT2D eigenvalue weighted by Gasteiger charge is -2.31. The Morgan fingerprint density at radius 1 is 1.13 bits per heavy atom. The van der Waals surface area contributed by atoms with Gasteiger partial charge in [0.2, 0.25) is 0 Å². The normalized spacial score (nSPS) is 13.9. The molecule has 2 nitrogen and oxygen atoms in total. The maximum Gasteiger partial charge on any atom is 0.123 e. The average molecular weight is 320 g/mol. The van der Waals surface area contributed by atoms with Gasteiger partial charge >= 0.3 is 0 Å². The highest BCUT2D eigenvalue weighted by atomic mass is 32.1. The zero-order chi connectivity index (χ0) is 15.6. The Labute approximate surface area is 141 Å². The molecule has 0 saturated heterocycles. The second-order valence-corrected chi connectivity index (χ2v) is 7.03. The number of nitrogens with zero attached hydrogens (tertiary/aromatic N) is 2. The molecular formula is C20H20N2S. The number of hydrogen-bond acceptors (Lipinski definition) is 3. The summed E-state index contributed by atoms with van der Waals surface area (Å²) < 4.78 is 0. The number of hydrogen-bond donors (Lipinski definition) is 0. The summed E-state index contributed by atoms with van der Waals surface area (Å²) in [5.74, 6) is 0. The van der Waals surface area contributed by atoms with E-state index < -0.39 is 0 Å². The van der Waals surface area contributed by atoms with Crippen LogP contribution in [0, 0.1) is 6.92 Å². The molecule has 2 heterocycles. The summed E-state index contributed by atoms with van der Waals surface area (Å²) in [6, 6.07) is 17.3. The Kier molecular flexibility index (Phi) is 3.88. The van der Waals surface area contributed by atoms with Gasteiger partial charge in [0, 0.05) is 23.2 Å². The smallest absolute Gasteiger partial charge is 0.123 e. The zero-order valence-electron chi connectivity index (χ0n) is 13.3. The molecule has 23 heavy (non-hydrogen) atoms. The van der Waals surface area contributed by atoms with Crippen molar-refractivity contribution in [2.45, 2.75) is 26.3 Å². The summed E-state index contributed by atoms with van der Waals surface area (Å²) in [5, 5.41) is 3.31. The maximum atomic E-state index is 4.84. The number of fused-ring (bicyclic) bond motifs is 1. The summed E-state index contributed by atoms with van der Waals surface area (Å²) in [6.07, 6.45) is 2.42. The third-order valence-corrected chi connectivity index (χ3v) is 5.32. The van der Waals surface area contributed by atoms with Crippen LogP contribution in [0.25, 0.3) is 10.6 Å². The van der Waals surface area contributed by atoms with Crippen LogP contribution in [-0.4, -0.2) is 11.5 Å². The Morgan fingerprint density at radius 3 is 2.87 bits per heavy atom. The van der Waals surface area contributed by atoms with Gasteiger partial charge in [-0.05, 0) is 31.4 Å². The van der Waals surface area contributed by atoms with Gasteiger partial charge in [-0.3, -0.25) is 0 Å². The molecule has 1 aliphatic heterocycles. The van der Waals surface area contributed by atoms with E-state index in [0.29, 0.717) is 0 Å². The summed E-state index contributed by atoms with van der Waals surface area (Å²) >= 11 is 1.74. The molecule has 116 valence electrons. The van der Waals surface area contributed by atoms with Gasteiger partial charge in [0.15, 0.2) is 0 Å². The standard InChI is InChI=1S/C20H20N2S/c1-15-9-10-19-17(12-15)8-5-11-22(19)13-18-14-23-20(21-18)16-6-3-2-4-7-16/h2-4,6-7,9-10,12,14H,5,8,11,13H2,1H3. The number of rotatable bonds is 3. The highest BCUT2D eigenvalue weighted by Crippen LogP contribution is 2.30. The van der Waals surface area contributed by atoms with Crippen LogP contribution in [-0.2, 0) is 13.0 Å².